The van der Waals surface area contributed by atoms with Crippen molar-refractivity contribution < 1.29 is 19.4 Å². The predicted molar refractivity (Wildman–Crippen MR) is 170 cm³/mol. The van der Waals surface area contributed by atoms with Crippen molar-refractivity contribution in [3.8, 4) is 5.75 Å². The maximum absolute atomic E-state index is 13.5. The summed E-state index contributed by atoms with van der Waals surface area (Å²) < 4.78 is 5.34. The lowest BCUT2D eigenvalue weighted by Gasteiger charge is -2.26. The van der Waals surface area contributed by atoms with Gasteiger partial charge in [0.15, 0.2) is 0 Å². The van der Waals surface area contributed by atoms with Crippen molar-refractivity contribution in [2.45, 2.75) is 51.4 Å². The second kappa shape index (κ2) is 15.1. The number of aryl methyl sites for hydroxylation is 1. The van der Waals surface area contributed by atoms with Crippen LogP contribution >= 0.6 is 0 Å². The fraction of sp³-hybridized carbons (Fsp3) is 0.278. The highest BCUT2D eigenvalue weighted by molar-refractivity contribution is 5.99. The second-order valence-corrected chi connectivity index (χ2v) is 10.9. The van der Waals surface area contributed by atoms with Crippen molar-refractivity contribution in [3.05, 3.63) is 137 Å². The normalized spacial score (nSPS) is 13.8. The fourth-order valence-electron chi connectivity index (χ4n) is 5.10. The van der Waals surface area contributed by atoms with Crippen LogP contribution in [0.15, 0.2) is 103 Å². The van der Waals surface area contributed by atoms with Gasteiger partial charge in [-0.15, -0.1) is 0 Å². The largest absolute Gasteiger partial charge is 0.497 e. The summed E-state index contributed by atoms with van der Waals surface area (Å²) in [5.74, 6) is 0.144. The third kappa shape index (κ3) is 8.77. The van der Waals surface area contributed by atoms with E-state index in [1.165, 1.54) is 0 Å². The molecule has 0 aliphatic heterocycles. The lowest BCUT2D eigenvalue weighted by Crippen LogP contribution is -2.49. The Morgan fingerprint density at radius 3 is 2.12 bits per heavy atom. The molecule has 0 aromatic heterocycles. The first-order valence-electron chi connectivity index (χ1n) is 14.6. The molecule has 4 aromatic carbocycles. The van der Waals surface area contributed by atoms with E-state index in [0.29, 0.717) is 17.5 Å². The Kier molecular flexibility index (Phi) is 11.1. The Hall–Kier alpha value is -4.46. The van der Waals surface area contributed by atoms with Gasteiger partial charge < -0.3 is 25.8 Å². The van der Waals surface area contributed by atoms with Crippen LogP contribution in [0.5, 0.6) is 5.75 Å². The second-order valence-electron chi connectivity index (χ2n) is 10.9. The quantitative estimate of drug-likeness (QED) is 0.167. The van der Waals surface area contributed by atoms with Gasteiger partial charge in [-0.1, -0.05) is 72.8 Å². The van der Waals surface area contributed by atoms with Crippen LogP contribution in [0, 0.1) is 6.92 Å². The van der Waals surface area contributed by atoms with E-state index < -0.39 is 12.1 Å². The molecule has 0 heterocycles. The van der Waals surface area contributed by atoms with Gasteiger partial charge in [0.2, 0.25) is 0 Å². The van der Waals surface area contributed by atoms with E-state index in [2.05, 4.69) is 16.0 Å². The van der Waals surface area contributed by atoms with Crippen molar-refractivity contribution in [3.63, 3.8) is 0 Å². The first-order valence-corrected chi connectivity index (χ1v) is 14.6. The van der Waals surface area contributed by atoms with Crippen LogP contribution in [0.25, 0.3) is 0 Å². The average Bonchev–Trinajstić information content (AvgIpc) is 3.03. The zero-order valence-electron chi connectivity index (χ0n) is 25.2. The number of carbonyl (C=O) groups is 2. The number of rotatable bonds is 13. The highest BCUT2D eigenvalue weighted by Crippen LogP contribution is 2.20. The molecule has 4 rings (SSSR count). The van der Waals surface area contributed by atoms with Crippen LogP contribution < -0.4 is 20.7 Å². The number of aliphatic hydroxyl groups is 1. The summed E-state index contributed by atoms with van der Waals surface area (Å²) in [5.41, 5.74) is 4.89. The topological polar surface area (TPSA) is 99.7 Å². The summed E-state index contributed by atoms with van der Waals surface area (Å²) in [6, 6.07) is 31.3. The molecular weight excluding hydrogens is 538 g/mol. The molecular formula is C36H41N3O4. The molecule has 4 atom stereocenters. The number of carbonyl (C=O) groups excluding carboxylic acids is 2. The van der Waals surface area contributed by atoms with Crippen molar-refractivity contribution in [1.82, 2.24) is 16.0 Å². The van der Waals surface area contributed by atoms with Gasteiger partial charge in [-0.25, -0.2) is 0 Å². The third-order valence-electron chi connectivity index (χ3n) is 7.70. The van der Waals surface area contributed by atoms with Gasteiger partial charge in [0.05, 0.1) is 25.3 Å². The van der Waals surface area contributed by atoms with Crippen molar-refractivity contribution in [2.24, 2.45) is 0 Å². The standard InChI is InChI=1S/C36H41N3O4/c1-24-12-8-9-19-32(24)26(3)38-35(41)29-16-10-17-30(21-29)36(42)39-33(20-27-13-6-5-7-14-27)34(40)23-37-25(2)28-15-11-18-31(22-28)43-4/h5-19,21-22,25-26,33-34,37,40H,20,23H2,1-4H3,(H,38,41)(H,39,42)/t25-,26?,33+,34-/m1/s1. The lowest BCUT2D eigenvalue weighted by atomic mass is 9.99. The Morgan fingerprint density at radius 1 is 0.767 bits per heavy atom. The molecule has 0 saturated heterocycles. The highest BCUT2D eigenvalue weighted by atomic mass is 16.5. The Labute approximate surface area is 254 Å². The number of nitrogens with one attached hydrogen (secondary N) is 3. The van der Waals surface area contributed by atoms with Crippen LogP contribution in [-0.2, 0) is 6.42 Å². The molecule has 0 bridgehead atoms. The SMILES string of the molecule is COc1cccc([C@@H](C)NC[C@@H](O)[C@H](Cc2ccccc2)NC(=O)c2cccc(C(=O)NC(C)c3ccccc3C)c2)c1. The fourth-order valence-corrected chi connectivity index (χ4v) is 5.10. The minimum atomic E-state index is -0.876. The van der Waals surface area contributed by atoms with Gasteiger partial charge >= 0.3 is 0 Å². The number of ether oxygens (including phenoxy) is 1. The summed E-state index contributed by atoms with van der Waals surface area (Å²) in [6.07, 6.45) is -0.435. The van der Waals surface area contributed by atoms with Crippen LogP contribution in [0.4, 0.5) is 0 Å². The number of hydrogen-bond donors (Lipinski definition) is 4. The minimum Gasteiger partial charge on any atom is -0.497 e. The Bertz CT molecular complexity index is 1510. The first kappa shape index (κ1) is 31.5. The maximum Gasteiger partial charge on any atom is 0.251 e. The molecule has 4 aromatic rings. The molecule has 224 valence electrons. The zero-order valence-corrected chi connectivity index (χ0v) is 25.2. The Balaban J connectivity index is 1.45. The smallest absolute Gasteiger partial charge is 0.251 e. The highest BCUT2D eigenvalue weighted by Gasteiger charge is 2.24. The van der Waals surface area contributed by atoms with Gasteiger partial charge in [-0.2, -0.15) is 0 Å². The van der Waals surface area contributed by atoms with E-state index in [4.69, 9.17) is 4.74 Å². The summed E-state index contributed by atoms with van der Waals surface area (Å²) >= 11 is 0. The van der Waals surface area contributed by atoms with Gasteiger partial charge in [0.25, 0.3) is 11.8 Å². The van der Waals surface area contributed by atoms with Crippen molar-refractivity contribution >= 4 is 11.8 Å². The molecule has 1 unspecified atom stereocenters. The number of amides is 2. The molecule has 0 spiro atoms. The van der Waals surface area contributed by atoms with Crippen LogP contribution in [0.2, 0.25) is 0 Å². The number of aliphatic hydroxyl groups excluding tert-OH is 1. The molecule has 0 saturated carbocycles. The summed E-state index contributed by atoms with van der Waals surface area (Å²) in [6.45, 7) is 6.23. The monoisotopic (exact) mass is 579 g/mol. The molecule has 0 fully saturated rings. The molecule has 4 N–H and O–H groups in total. The maximum atomic E-state index is 13.5. The summed E-state index contributed by atoms with van der Waals surface area (Å²) in [7, 11) is 1.63. The van der Waals surface area contributed by atoms with Crippen LogP contribution in [0.3, 0.4) is 0 Å². The summed E-state index contributed by atoms with van der Waals surface area (Å²) in [4.78, 5) is 26.5. The van der Waals surface area contributed by atoms with Gasteiger partial charge in [-0.05, 0) is 79.8 Å². The number of methoxy groups -OCH3 is 1. The van der Waals surface area contributed by atoms with E-state index in [1.807, 2.05) is 99.6 Å². The molecule has 7 nitrogen and oxygen atoms in total. The molecule has 7 heteroatoms. The molecule has 0 radical (unpaired) electrons. The van der Waals surface area contributed by atoms with Gasteiger partial charge in [0, 0.05) is 23.7 Å². The van der Waals surface area contributed by atoms with E-state index >= 15 is 0 Å². The number of benzene rings is 4. The van der Waals surface area contributed by atoms with Gasteiger partial charge in [0.1, 0.15) is 5.75 Å². The van der Waals surface area contributed by atoms with E-state index in [1.54, 1.807) is 31.4 Å². The van der Waals surface area contributed by atoms with E-state index in [0.717, 1.165) is 28.0 Å². The zero-order chi connectivity index (χ0) is 30.8. The average molecular weight is 580 g/mol. The van der Waals surface area contributed by atoms with Crippen LogP contribution in [-0.4, -0.2) is 42.7 Å². The Morgan fingerprint density at radius 2 is 1.42 bits per heavy atom. The molecule has 43 heavy (non-hydrogen) atoms. The van der Waals surface area contributed by atoms with E-state index in [9.17, 15) is 14.7 Å². The lowest BCUT2D eigenvalue weighted by molar-refractivity contribution is 0.0825. The minimum absolute atomic E-state index is 0.0462. The van der Waals surface area contributed by atoms with E-state index in [-0.39, 0.29) is 30.4 Å². The van der Waals surface area contributed by atoms with Crippen LogP contribution in [0.1, 0.15) is 68.9 Å². The van der Waals surface area contributed by atoms with Crippen molar-refractivity contribution in [2.75, 3.05) is 13.7 Å². The van der Waals surface area contributed by atoms with Gasteiger partial charge in [-0.3, -0.25) is 9.59 Å². The summed E-state index contributed by atoms with van der Waals surface area (Å²) in [5, 5.41) is 20.7. The third-order valence-corrected chi connectivity index (χ3v) is 7.70. The molecule has 0 aliphatic rings. The molecule has 2 amide bonds. The predicted octanol–water partition coefficient (Wildman–Crippen LogP) is 5.55. The van der Waals surface area contributed by atoms with Crippen molar-refractivity contribution in [1.29, 1.82) is 0 Å². The first-order chi connectivity index (χ1) is 20.7. The molecule has 0 aliphatic carbocycles. The number of hydrogen-bond acceptors (Lipinski definition) is 5.